The van der Waals surface area contributed by atoms with Gasteiger partial charge in [-0.2, -0.15) is 0 Å². The molecule has 2 aromatic rings. The topological polar surface area (TPSA) is 38.7 Å². The van der Waals surface area contributed by atoms with Crippen molar-refractivity contribution in [2.24, 2.45) is 0 Å². The van der Waals surface area contributed by atoms with E-state index in [0.717, 1.165) is 48.5 Å². The second kappa shape index (κ2) is 5.99. The van der Waals surface area contributed by atoms with E-state index in [1.807, 2.05) is 18.2 Å². The van der Waals surface area contributed by atoms with Crippen LogP contribution in [0.4, 0.5) is 0 Å². The molecule has 24 heavy (non-hydrogen) atoms. The molecule has 0 radical (unpaired) electrons. The van der Waals surface area contributed by atoms with E-state index in [1.54, 1.807) is 0 Å². The second-order valence-electron chi connectivity index (χ2n) is 6.66. The van der Waals surface area contributed by atoms with Gasteiger partial charge in [-0.15, -0.1) is 0 Å². The van der Waals surface area contributed by atoms with E-state index < -0.39 is 0 Å². The van der Waals surface area contributed by atoms with E-state index in [4.69, 9.17) is 9.47 Å². The van der Waals surface area contributed by atoms with Crippen molar-refractivity contribution in [3.63, 3.8) is 0 Å². The summed E-state index contributed by atoms with van der Waals surface area (Å²) in [6.45, 7) is 5.78. The molecule has 3 nitrogen and oxygen atoms in total. The minimum Gasteiger partial charge on any atom is -0.507 e. The molecule has 1 saturated heterocycles. The molecule has 0 unspecified atom stereocenters. The molecule has 0 atom stereocenters. The summed E-state index contributed by atoms with van der Waals surface area (Å²) in [5, 5.41) is 10.0. The minimum absolute atomic E-state index is 0.244. The molecule has 0 aromatic heterocycles. The molecule has 0 spiro atoms. The molecule has 1 aliphatic heterocycles. The van der Waals surface area contributed by atoms with E-state index in [2.05, 4.69) is 32.0 Å². The number of ether oxygens (including phenoxy) is 2. The Bertz CT molecular complexity index is 791. The Morgan fingerprint density at radius 1 is 1.04 bits per heavy atom. The van der Waals surface area contributed by atoms with Crippen molar-refractivity contribution < 1.29 is 14.6 Å². The number of hydrogen-bond acceptors (Lipinski definition) is 3. The van der Waals surface area contributed by atoms with Gasteiger partial charge in [0.15, 0.2) is 0 Å². The maximum Gasteiger partial charge on any atom is 0.124 e. The van der Waals surface area contributed by atoms with Crippen LogP contribution in [-0.4, -0.2) is 24.4 Å². The Morgan fingerprint density at radius 3 is 2.42 bits per heavy atom. The highest BCUT2D eigenvalue weighted by molar-refractivity contribution is 5.99. The molecular formula is C21H22O3. The predicted molar refractivity (Wildman–Crippen MR) is 96.3 cm³/mol. The van der Waals surface area contributed by atoms with Crippen molar-refractivity contribution in [1.82, 2.24) is 0 Å². The number of hydrogen-bond donors (Lipinski definition) is 1. The Kier molecular flexibility index (Phi) is 3.81. The molecule has 1 aliphatic carbocycles. The molecular weight excluding hydrogens is 300 g/mol. The highest BCUT2D eigenvalue weighted by atomic mass is 16.5. The predicted octanol–water partition coefficient (Wildman–Crippen LogP) is 4.90. The van der Waals surface area contributed by atoms with Crippen LogP contribution in [0.25, 0.3) is 23.0 Å². The van der Waals surface area contributed by atoms with Crippen molar-refractivity contribution in [3.8, 4) is 16.9 Å². The third-order valence-corrected chi connectivity index (χ3v) is 4.89. The van der Waals surface area contributed by atoms with E-state index in [1.165, 1.54) is 16.7 Å². The van der Waals surface area contributed by atoms with Gasteiger partial charge in [0.2, 0.25) is 0 Å². The smallest absolute Gasteiger partial charge is 0.124 e. The Morgan fingerprint density at radius 2 is 1.75 bits per heavy atom. The number of aryl methyl sites for hydroxylation is 2. The lowest BCUT2D eigenvalue weighted by Crippen LogP contribution is -2.25. The van der Waals surface area contributed by atoms with Gasteiger partial charge in [0, 0.05) is 18.4 Å². The van der Waals surface area contributed by atoms with Crippen LogP contribution >= 0.6 is 0 Å². The SMILES string of the molecule is Cc1cc(OC2CCOCC2)cc(C)c1-c1cccc2c1C(O)=C2. The summed E-state index contributed by atoms with van der Waals surface area (Å²) in [7, 11) is 0. The summed E-state index contributed by atoms with van der Waals surface area (Å²) in [4.78, 5) is 0. The minimum atomic E-state index is 0.244. The van der Waals surface area contributed by atoms with E-state index in [0.29, 0.717) is 5.76 Å². The summed E-state index contributed by atoms with van der Waals surface area (Å²) in [6, 6.07) is 10.4. The van der Waals surface area contributed by atoms with Crippen molar-refractivity contribution in [3.05, 3.63) is 52.6 Å². The average molecular weight is 322 g/mol. The molecule has 3 heteroatoms. The third-order valence-electron chi connectivity index (χ3n) is 4.89. The number of fused-ring (bicyclic) bond motifs is 1. The third kappa shape index (κ3) is 2.59. The first-order valence-corrected chi connectivity index (χ1v) is 8.53. The fourth-order valence-corrected chi connectivity index (χ4v) is 3.73. The largest absolute Gasteiger partial charge is 0.507 e. The molecule has 0 bridgehead atoms. The zero-order valence-corrected chi connectivity index (χ0v) is 14.1. The first-order valence-electron chi connectivity index (χ1n) is 8.53. The van der Waals surface area contributed by atoms with Gasteiger partial charge in [0.05, 0.1) is 13.2 Å². The molecule has 4 rings (SSSR count). The Balaban J connectivity index is 1.68. The lowest BCUT2D eigenvalue weighted by molar-refractivity contribution is 0.0255. The summed E-state index contributed by atoms with van der Waals surface area (Å²) in [5.74, 6) is 1.30. The van der Waals surface area contributed by atoms with Crippen molar-refractivity contribution in [1.29, 1.82) is 0 Å². The molecule has 2 aliphatic rings. The van der Waals surface area contributed by atoms with Crippen molar-refractivity contribution in [2.45, 2.75) is 32.8 Å². The van der Waals surface area contributed by atoms with Gasteiger partial charge in [-0.1, -0.05) is 18.2 Å². The van der Waals surface area contributed by atoms with E-state index >= 15 is 0 Å². The van der Waals surface area contributed by atoms with Crippen LogP contribution in [0.3, 0.4) is 0 Å². The van der Waals surface area contributed by atoms with Gasteiger partial charge in [0.1, 0.15) is 17.6 Å². The fraction of sp³-hybridized carbons (Fsp3) is 0.333. The molecule has 1 heterocycles. The number of benzene rings is 2. The van der Waals surface area contributed by atoms with Gasteiger partial charge in [-0.25, -0.2) is 0 Å². The second-order valence-corrected chi connectivity index (χ2v) is 6.66. The van der Waals surface area contributed by atoms with Crippen LogP contribution in [-0.2, 0) is 4.74 Å². The van der Waals surface area contributed by atoms with Gasteiger partial charge in [0.25, 0.3) is 0 Å². The van der Waals surface area contributed by atoms with Crippen LogP contribution in [0.5, 0.6) is 5.75 Å². The Labute approximate surface area is 142 Å². The molecule has 0 saturated carbocycles. The standard InChI is InChI=1S/C21H22O3/c1-13-10-17(24-16-6-8-23-9-7-16)11-14(2)20(13)18-5-3-4-15-12-19(22)21(15)18/h3-5,10-12,16,22H,6-9H2,1-2H3. The number of aliphatic hydroxyl groups excluding tert-OH is 1. The highest BCUT2D eigenvalue weighted by Crippen LogP contribution is 2.41. The molecule has 0 amide bonds. The van der Waals surface area contributed by atoms with Crippen LogP contribution < -0.4 is 4.74 Å². The van der Waals surface area contributed by atoms with Gasteiger partial charge in [-0.3, -0.25) is 0 Å². The van der Waals surface area contributed by atoms with Crippen LogP contribution in [0.2, 0.25) is 0 Å². The zero-order valence-electron chi connectivity index (χ0n) is 14.1. The fourth-order valence-electron chi connectivity index (χ4n) is 3.73. The van der Waals surface area contributed by atoms with E-state index in [9.17, 15) is 5.11 Å². The Hall–Kier alpha value is -2.26. The lowest BCUT2D eigenvalue weighted by atomic mass is 9.84. The first-order chi connectivity index (χ1) is 11.6. The van der Waals surface area contributed by atoms with E-state index in [-0.39, 0.29) is 6.10 Å². The van der Waals surface area contributed by atoms with Crippen LogP contribution in [0.15, 0.2) is 30.3 Å². The normalized spacial score (nSPS) is 17.0. The first kappa shape index (κ1) is 15.3. The van der Waals surface area contributed by atoms with Gasteiger partial charge < -0.3 is 14.6 Å². The summed E-state index contributed by atoms with van der Waals surface area (Å²) in [6.07, 6.45) is 3.95. The maximum absolute atomic E-state index is 10.0. The summed E-state index contributed by atoms with van der Waals surface area (Å²) >= 11 is 0. The zero-order chi connectivity index (χ0) is 16.7. The number of rotatable bonds is 3. The van der Waals surface area contributed by atoms with Crippen LogP contribution in [0, 0.1) is 13.8 Å². The monoisotopic (exact) mass is 322 g/mol. The van der Waals surface area contributed by atoms with Gasteiger partial charge in [-0.05, 0) is 59.9 Å². The van der Waals surface area contributed by atoms with Crippen molar-refractivity contribution >= 4 is 11.8 Å². The van der Waals surface area contributed by atoms with Crippen molar-refractivity contribution in [2.75, 3.05) is 13.2 Å². The molecule has 124 valence electrons. The number of aliphatic hydroxyl groups is 1. The quantitative estimate of drug-likeness (QED) is 0.873. The summed E-state index contributed by atoms with van der Waals surface area (Å²) in [5.41, 5.74) is 6.69. The average Bonchev–Trinajstić information content (AvgIpc) is 2.54. The lowest BCUT2D eigenvalue weighted by Gasteiger charge is -2.25. The highest BCUT2D eigenvalue weighted by Gasteiger charge is 2.22. The molecule has 1 fully saturated rings. The summed E-state index contributed by atoms with van der Waals surface area (Å²) < 4.78 is 11.5. The maximum atomic E-state index is 10.0. The molecule has 2 aromatic carbocycles. The molecule has 1 N–H and O–H groups in total. The van der Waals surface area contributed by atoms with Crippen LogP contribution in [0.1, 0.15) is 35.1 Å². The van der Waals surface area contributed by atoms with Gasteiger partial charge >= 0.3 is 0 Å².